The zero-order valence-electron chi connectivity index (χ0n) is 10.2. The molecule has 0 radical (unpaired) electrons. The summed E-state index contributed by atoms with van der Waals surface area (Å²) in [5.41, 5.74) is 2.40. The summed E-state index contributed by atoms with van der Waals surface area (Å²) in [6.07, 6.45) is -4.60. The highest BCUT2D eigenvalue weighted by Crippen LogP contribution is 2.32. The Hall–Kier alpha value is -1.19. The van der Waals surface area contributed by atoms with Crippen molar-refractivity contribution in [3.8, 4) is 0 Å². The molecule has 0 aliphatic carbocycles. The van der Waals surface area contributed by atoms with Crippen LogP contribution in [-0.2, 0) is 6.18 Å². The van der Waals surface area contributed by atoms with Gasteiger partial charge in [0, 0.05) is 26.2 Å². The van der Waals surface area contributed by atoms with Crippen molar-refractivity contribution in [1.29, 1.82) is 0 Å². The van der Waals surface area contributed by atoms with Crippen molar-refractivity contribution in [2.75, 3.05) is 33.2 Å². The predicted molar refractivity (Wildman–Crippen MR) is 63.7 cm³/mol. The number of carbonyl (C=O) groups excluding carboxylic acids is 1. The number of aromatic nitrogens is 1. The smallest absolute Gasteiger partial charge is 0.304 e. The first kappa shape index (κ1) is 14.2. The molecule has 1 N–H and O–H groups in total. The van der Waals surface area contributed by atoms with Crippen molar-refractivity contribution < 1.29 is 18.0 Å². The molecule has 5 nitrogen and oxygen atoms in total. The zero-order valence-corrected chi connectivity index (χ0v) is 11.0. The molecule has 0 spiro atoms. The maximum atomic E-state index is 12.6. The van der Waals surface area contributed by atoms with Crippen LogP contribution in [-0.4, -0.2) is 54.0 Å². The molecule has 0 saturated carbocycles. The van der Waals surface area contributed by atoms with Crippen molar-refractivity contribution in [2.24, 2.45) is 0 Å². The van der Waals surface area contributed by atoms with E-state index in [-0.39, 0.29) is 0 Å². The Morgan fingerprint density at radius 3 is 2.58 bits per heavy atom. The second kappa shape index (κ2) is 5.43. The number of amides is 1. The van der Waals surface area contributed by atoms with E-state index in [4.69, 9.17) is 0 Å². The fourth-order valence-electron chi connectivity index (χ4n) is 1.72. The van der Waals surface area contributed by atoms with Gasteiger partial charge in [-0.2, -0.15) is 13.2 Å². The number of hydrazine groups is 1. The van der Waals surface area contributed by atoms with Gasteiger partial charge < -0.3 is 4.90 Å². The summed E-state index contributed by atoms with van der Waals surface area (Å²) in [4.78, 5) is 16.7. The summed E-state index contributed by atoms with van der Waals surface area (Å²) < 4.78 is 37.8. The highest BCUT2D eigenvalue weighted by Gasteiger charge is 2.38. The molecule has 0 atom stereocenters. The second-order valence-electron chi connectivity index (χ2n) is 4.26. The minimum Gasteiger partial charge on any atom is -0.304 e. The van der Waals surface area contributed by atoms with Crippen LogP contribution >= 0.6 is 11.3 Å². The Kier molecular flexibility index (Phi) is 4.07. The van der Waals surface area contributed by atoms with E-state index in [0.717, 1.165) is 18.6 Å². The third-order valence-electron chi connectivity index (χ3n) is 2.81. The number of hydrogen-bond acceptors (Lipinski definition) is 5. The highest BCUT2D eigenvalue weighted by molar-refractivity contribution is 7.11. The third-order valence-corrected chi connectivity index (χ3v) is 3.63. The molecule has 1 amide bonds. The fraction of sp³-hybridized carbons (Fsp3) is 0.600. The Balaban J connectivity index is 2.03. The summed E-state index contributed by atoms with van der Waals surface area (Å²) in [7, 11) is 1.95. The van der Waals surface area contributed by atoms with Gasteiger partial charge in [0.1, 0.15) is 4.88 Å². The van der Waals surface area contributed by atoms with Gasteiger partial charge in [-0.15, -0.1) is 11.3 Å². The van der Waals surface area contributed by atoms with Gasteiger partial charge >= 0.3 is 6.18 Å². The standard InChI is InChI=1S/C10H13F3N4OS/c1-16-2-4-17(5-3-16)15-9(18)7-8(10(11,12)13)14-6-19-7/h6H,2-5H2,1H3,(H,15,18). The van der Waals surface area contributed by atoms with Gasteiger partial charge in [0.05, 0.1) is 5.51 Å². The molecule has 19 heavy (non-hydrogen) atoms. The Bertz CT molecular complexity index is 454. The van der Waals surface area contributed by atoms with Crippen LogP contribution in [0, 0.1) is 0 Å². The SMILES string of the molecule is CN1CCN(NC(=O)c2scnc2C(F)(F)F)CC1. The van der Waals surface area contributed by atoms with E-state index in [2.05, 4.69) is 15.3 Å². The highest BCUT2D eigenvalue weighted by atomic mass is 32.1. The van der Waals surface area contributed by atoms with Gasteiger partial charge in [-0.3, -0.25) is 10.2 Å². The van der Waals surface area contributed by atoms with Crippen molar-refractivity contribution in [2.45, 2.75) is 6.18 Å². The van der Waals surface area contributed by atoms with Crippen LogP contribution in [0.25, 0.3) is 0 Å². The van der Waals surface area contributed by atoms with Gasteiger partial charge in [0.15, 0.2) is 5.69 Å². The number of carbonyl (C=O) groups is 1. The van der Waals surface area contributed by atoms with Crippen LogP contribution in [0.5, 0.6) is 0 Å². The number of alkyl halides is 3. The number of nitrogens with one attached hydrogen (secondary N) is 1. The van der Waals surface area contributed by atoms with Crippen LogP contribution in [0.15, 0.2) is 5.51 Å². The quantitative estimate of drug-likeness (QED) is 0.886. The average molecular weight is 294 g/mol. The predicted octanol–water partition coefficient (Wildman–Crippen LogP) is 1.05. The molecule has 106 valence electrons. The van der Waals surface area contributed by atoms with E-state index in [1.165, 1.54) is 0 Å². The van der Waals surface area contributed by atoms with E-state index in [1.54, 1.807) is 5.01 Å². The Morgan fingerprint density at radius 2 is 2.00 bits per heavy atom. The van der Waals surface area contributed by atoms with Crippen LogP contribution in [0.4, 0.5) is 13.2 Å². The molecule has 0 bridgehead atoms. The lowest BCUT2D eigenvalue weighted by Crippen LogP contribution is -2.52. The minimum atomic E-state index is -4.60. The number of hydrogen-bond donors (Lipinski definition) is 1. The van der Waals surface area contributed by atoms with Crippen molar-refractivity contribution in [1.82, 2.24) is 20.3 Å². The number of nitrogens with zero attached hydrogens (tertiary/aromatic N) is 3. The molecule has 1 aromatic rings. The van der Waals surface area contributed by atoms with Gasteiger partial charge in [0.25, 0.3) is 5.91 Å². The van der Waals surface area contributed by atoms with Crippen LogP contribution in [0.3, 0.4) is 0 Å². The first-order valence-corrected chi connectivity index (χ1v) is 6.51. The largest absolute Gasteiger partial charge is 0.434 e. The molecule has 0 unspecified atom stereocenters. The van der Waals surface area contributed by atoms with Crippen molar-refractivity contribution >= 4 is 17.2 Å². The van der Waals surface area contributed by atoms with E-state index >= 15 is 0 Å². The fourth-order valence-corrected chi connectivity index (χ4v) is 2.42. The number of halogens is 3. The summed E-state index contributed by atoms with van der Waals surface area (Å²) in [6.45, 7) is 2.69. The molecular weight excluding hydrogens is 281 g/mol. The lowest BCUT2D eigenvalue weighted by molar-refractivity contribution is -0.141. The van der Waals surface area contributed by atoms with E-state index in [9.17, 15) is 18.0 Å². The molecule has 1 aromatic heterocycles. The number of thiazole rings is 1. The third kappa shape index (κ3) is 3.43. The summed E-state index contributed by atoms with van der Waals surface area (Å²) in [6, 6.07) is 0. The van der Waals surface area contributed by atoms with Gasteiger partial charge in [-0.25, -0.2) is 9.99 Å². The van der Waals surface area contributed by atoms with Gasteiger partial charge in [0.2, 0.25) is 0 Å². The normalized spacial score (nSPS) is 18.5. The summed E-state index contributed by atoms with van der Waals surface area (Å²) in [5, 5.41) is 1.63. The van der Waals surface area contributed by atoms with Crippen molar-refractivity contribution in [3.05, 3.63) is 16.1 Å². The van der Waals surface area contributed by atoms with E-state index in [1.807, 2.05) is 7.05 Å². The first-order valence-electron chi connectivity index (χ1n) is 5.63. The molecular formula is C10H13F3N4OS. The molecule has 0 aromatic carbocycles. The molecule has 1 aliphatic rings. The maximum Gasteiger partial charge on any atom is 0.434 e. The second-order valence-corrected chi connectivity index (χ2v) is 5.11. The first-order chi connectivity index (χ1) is 8.88. The Morgan fingerprint density at radius 1 is 1.37 bits per heavy atom. The van der Waals surface area contributed by atoms with Gasteiger partial charge in [-0.1, -0.05) is 0 Å². The Labute approximate surface area is 112 Å². The lowest BCUT2D eigenvalue weighted by atomic mass is 10.3. The topological polar surface area (TPSA) is 48.5 Å². The molecule has 1 aliphatic heterocycles. The monoisotopic (exact) mass is 294 g/mol. The zero-order chi connectivity index (χ0) is 14.0. The number of rotatable bonds is 2. The maximum absolute atomic E-state index is 12.6. The summed E-state index contributed by atoms with van der Waals surface area (Å²) >= 11 is 0.693. The number of likely N-dealkylation sites (N-methyl/N-ethyl adjacent to an activating group) is 1. The molecule has 9 heteroatoms. The van der Waals surface area contributed by atoms with E-state index < -0.39 is 22.7 Å². The molecule has 1 fully saturated rings. The lowest BCUT2D eigenvalue weighted by Gasteiger charge is -2.32. The minimum absolute atomic E-state index is 0.397. The molecule has 2 heterocycles. The van der Waals surface area contributed by atoms with E-state index in [0.29, 0.717) is 24.4 Å². The number of piperazine rings is 1. The molecule has 1 saturated heterocycles. The van der Waals surface area contributed by atoms with Crippen LogP contribution in [0.2, 0.25) is 0 Å². The summed E-state index contributed by atoms with van der Waals surface area (Å²) in [5.74, 6) is -0.751. The molecule has 2 rings (SSSR count). The van der Waals surface area contributed by atoms with Gasteiger partial charge in [-0.05, 0) is 7.05 Å². The van der Waals surface area contributed by atoms with Crippen molar-refractivity contribution in [3.63, 3.8) is 0 Å². The van der Waals surface area contributed by atoms with Crippen LogP contribution in [0.1, 0.15) is 15.4 Å². The average Bonchev–Trinajstić information content (AvgIpc) is 2.81. The van der Waals surface area contributed by atoms with Crippen LogP contribution < -0.4 is 5.43 Å².